The lowest BCUT2D eigenvalue weighted by Gasteiger charge is -2.07. The molecule has 0 aromatic heterocycles. The molecule has 1 rings (SSSR count). The Bertz CT molecular complexity index is 526. The molecule has 6 nitrogen and oxygen atoms in total. The van der Waals surface area contributed by atoms with Gasteiger partial charge in [0.1, 0.15) is 5.56 Å². The van der Waals surface area contributed by atoms with Crippen LogP contribution in [-0.2, 0) is 0 Å². The summed E-state index contributed by atoms with van der Waals surface area (Å²) in [7, 11) is 0. The lowest BCUT2D eigenvalue weighted by atomic mass is 10.1. The van der Waals surface area contributed by atoms with Crippen LogP contribution in [-0.4, -0.2) is 29.4 Å². The summed E-state index contributed by atoms with van der Waals surface area (Å²) in [4.78, 5) is 22.0. The standard InChI is InChI=1S/C13H18FN3O3S/c1-21-6-4-2-3-5-16-13(18)9-7-11(15)10(14)8-12(9)17(19)20/h7-8H,2-6,15H2,1H3,(H,16,18). The molecule has 1 aromatic carbocycles. The SMILES string of the molecule is CSCCCCCNC(=O)c1cc(N)c(F)cc1[N+](=O)[O-]. The fourth-order valence-corrected chi connectivity index (χ4v) is 2.25. The van der Waals surface area contributed by atoms with Crippen LogP contribution in [0.15, 0.2) is 12.1 Å². The molecule has 0 saturated heterocycles. The summed E-state index contributed by atoms with van der Waals surface area (Å²) in [5, 5.41) is 13.4. The number of nitrogens with two attached hydrogens (primary N) is 1. The first kappa shape index (κ1) is 17.2. The number of hydrogen-bond donors (Lipinski definition) is 2. The average Bonchev–Trinajstić information content (AvgIpc) is 2.44. The van der Waals surface area contributed by atoms with E-state index in [4.69, 9.17) is 5.73 Å². The molecule has 3 N–H and O–H groups in total. The summed E-state index contributed by atoms with van der Waals surface area (Å²) >= 11 is 1.76. The topological polar surface area (TPSA) is 98.3 Å². The van der Waals surface area contributed by atoms with Gasteiger partial charge in [-0.1, -0.05) is 6.42 Å². The van der Waals surface area contributed by atoms with E-state index in [2.05, 4.69) is 5.32 Å². The summed E-state index contributed by atoms with van der Waals surface area (Å²) in [5.41, 5.74) is 4.27. The molecule has 0 unspecified atom stereocenters. The van der Waals surface area contributed by atoms with Crippen molar-refractivity contribution in [2.24, 2.45) is 0 Å². The van der Waals surface area contributed by atoms with Crippen molar-refractivity contribution in [3.63, 3.8) is 0 Å². The zero-order valence-corrected chi connectivity index (χ0v) is 12.5. The lowest BCUT2D eigenvalue weighted by Crippen LogP contribution is -2.25. The molecule has 1 amide bonds. The number of halogens is 1. The number of carbonyl (C=O) groups is 1. The van der Waals surface area contributed by atoms with E-state index in [1.165, 1.54) is 0 Å². The van der Waals surface area contributed by atoms with Gasteiger partial charge in [0.25, 0.3) is 11.6 Å². The molecule has 0 aliphatic rings. The van der Waals surface area contributed by atoms with E-state index in [-0.39, 0.29) is 11.3 Å². The van der Waals surface area contributed by atoms with Gasteiger partial charge in [-0.15, -0.1) is 0 Å². The molecule has 0 aliphatic heterocycles. The molecule has 0 atom stereocenters. The van der Waals surface area contributed by atoms with Gasteiger partial charge in [-0.05, 0) is 30.9 Å². The van der Waals surface area contributed by atoms with E-state index in [1.54, 1.807) is 11.8 Å². The smallest absolute Gasteiger partial charge is 0.285 e. The number of nitro groups is 1. The number of amides is 1. The Morgan fingerprint density at radius 2 is 2.14 bits per heavy atom. The predicted octanol–water partition coefficient (Wildman–Crippen LogP) is 2.58. The van der Waals surface area contributed by atoms with Crippen LogP contribution in [0.25, 0.3) is 0 Å². The van der Waals surface area contributed by atoms with Gasteiger partial charge in [0.15, 0.2) is 5.82 Å². The van der Waals surface area contributed by atoms with E-state index < -0.39 is 22.3 Å². The Morgan fingerprint density at radius 3 is 2.76 bits per heavy atom. The molecule has 0 bridgehead atoms. The van der Waals surface area contributed by atoms with Crippen LogP contribution in [0.5, 0.6) is 0 Å². The number of hydrogen-bond acceptors (Lipinski definition) is 5. The van der Waals surface area contributed by atoms with Gasteiger partial charge in [0, 0.05) is 6.54 Å². The molecule has 116 valence electrons. The third-order valence-corrected chi connectivity index (χ3v) is 3.56. The number of thioether (sulfide) groups is 1. The number of nitro benzene ring substituents is 1. The van der Waals surface area contributed by atoms with Gasteiger partial charge in [-0.3, -0.25) is 14.9 Å². The highest BCUT2D eigenvalue weighted by Crippen LogP contribution is 2.24. The molecule has 1 aromatic rings. The fraction of sp³-hybridized carbons (Fsp3) is 0.462. The summed E-state index contributed by atoms with van der Waals surface area (Å²) in [6, 6.07) is 1.67. The van der Waals surface area contributed by atoms with Crippen molar-refractivity contribution in [1.29, 1.82) is 0 Å². The minimum atomic E-state index is -0.907. The summed E-state index contributed by atoms with van der Waals surface area (Å²) in [6.45, 7) is 0.418. The van der Waals surface area contributed by atoms with E-state index >= 15 is 0 Å². The van der Waals surface area contributed by atoms with E-state index in [1.807, 2.05) is 6.26 Å². The first-order valence-electron chi connectivity index (χ1n) is 6.48. The van der Waals surface area contributed by atoms with Crippen LogP contribution in [0.2, 0.25) is 0 Å². The number of nitrogens with zero attached hydrogens (tertiary/aromatic N) is 1. The monoisotopic (exact) mass is 315 g/mol. The van der Waals surface area contributed by atoms with E-state index in [9.17, 15) is 19.3 Å². The van der Waals surface area contributed by atoms with Crippen LogP contribution in [0.3, 0.4) is 0 Å². The van der Waals surface area contributed by atoms with Crippen LogP contribution in [0.1, 0.15) is 29.6 Å². The maximum Gasteiger partial charge on any atom is 0.285 e. The van der Waals surface area contributed by atoms with Crippen molar-refractivity contribution in [1.82, 2.24) is 5.32 Å². The third-order valence-electron chi connectivity index (χ3n) is 2.87. The average molecular weight is 315 g/mol. The minimum absolute atomic E-state index is 0.219. The van der Waals surface area contributed by atoms with Crippen LogP contribution < -0.4 is 11.1 Å². The Morgan fingerprint density at radius 1 is 1.43 bits per heavy atom. The minimum Gasteiger partial charge on any atom is -0.396 e. The van der Waals surface area contributed by atoms with Gasteiger partial charge in [-0.2, -0.15) is 11.8 Å². The van der Waals surface area contributed by atoms with Crippen LogP contribution in [0.4, 0.5) is 15.8 Å². The largest absolute Gasteiger partial charge is 0.396 e. The normalized spacial score (nSPS) is 10.4. The third kappa shape index (κ3) is 5.22. The van der Waals surface area contributed by atoms with Crippen molar-refractivity contribution in [2.75, 3.05) is 24.3 Å². The maximum absolute atomic E-state index is 13.2. The molecule has 0 heterocycles. The number of rotatable bonds is 8. The Labute approximate surface area is 126 Å². The molecule has 0 saturated carbocycles. The Hall–Kier alpha value is -1.83. The predicted molar refractivity (Wildman–Crippen MR) is 82.0 cm³/mol. The van der Waals surface area contributed by atoms with Crippen LogP contribution in [0, 0.1) is 15.9 Å². The molecule has 0 fully saturated rings. The molecule has 8 heteroatoms. The molecule has 0 spiro atoms. The van der Waals surface area contributed by atoms with Gasteiger partial charge in [-0.25, -0.2) is 4.39 Å². The van der Waals surface area contributed by atoms with Gasteiger partial charge >= 0.3 is 0 Å². The summed E-state index contributed by atoms with van der Waals surface area (Å²) in [5.74, 6) is -0.456. The summed E-state index contributed by atoms with van der Waals surface area (Å²) < 4.78 is 13.2. The zero-order chi connectivity index (χ0) is 15.8. The molecular formula is C13H18FN3O3S. The number of nitrogen functional groups attached to an aromatic ring is 1. The fourth-order valence-electron chi connectivity index (χ4n) is 1.76. The maximum atomic E-state index is 13.2. The highest BCUT2D eigenvalue weighted by molar-refractivity contribution is 7.98. The van der Waals surface area contributed by atoms with Gasteiger partial charge in [0.05, 0.1) is 16.7 Å². The Balaban J connectivity index is 2.65. The van der Waals surface area contributed by atoms with Crippen molar-refractivity contribution < 1.29 is 14.1 Å². The van der Waals surface area contributed by atoms with E-state index in [0.717, 1.165) is 31.1 Å². The number of benzene rings is 1. The lowest BCUT2D eigenvalue weighted by molar-refractivity contribution is -0.385. The quantitative estimate of drug-likeness (QED) is 0.332. The number of nitrogens with one attached hydrogen (secondary N) is 1. The first-order valence-corrected chi connectivity index (χ1v) is 7.87. The molecule has 21 heavy (non-hydrogen) atoms. The second-order valence-electron chi connectivity index (χ2n) is 4.46. The van der Waals surface area contributed by atoms with Crippen molar-refractivity contribution in [2.45, 2.75) is 19.3 Å². The van der Waals surface area contributed by atoms with Gasteiger partial charge in [0.2, 0.25) is 0 Å². The number of anilines is 1. The van der Waals surface area contributed by atoms with Crippen molar-refractivity contribution in [3.8, 4) is 0 Å². The second kappa shape index (κ2) is 8.46. The summed E-state index contributed by atoms with van der Waals surface area (Å²) in [6.07, 6.45) is 4.84. The first-order chi connectivity index (χ1) is 9.97. The number of carbonyl (C=O) groups excluding carboxylic acids is 1. The van der Waals surface area contributed by atoms with Crippen LogP contribution >= 0.6 is 11.8 Å². The van der Waals surface area contributed by atoms with E-state index in [0.29, 0.717) is 12.6 Å². The highest BCUT2D eigenvalue weighted by atomic mass is 32.2. The Kier molecular flexibility index (Phi) is 6.93. The molecular weight excluding hydrogens is 297 g/mol. The van der Waals surface area contributed by atoms with Gasteiger partial charge < -0.3 is 11.1 Å². The van der Waals surface area contributed by atoms with Crippen molar-refractivity contribution >= 4 is 29.0 Å². The molecule has 0 radical (unpaired) electrons. The zero-order valence-electron chi connectivity index (χ0n) is 11.7. The second-order valence-corrected chi connectivity index (χ2v) is 5.44. The van der Waals surface area contributed by atoms with Crippen molar-refractivity contribution in [3.05, 3.63) is 33.6 Å². The highest BCUT2D eigenvalue weighted by Gasteiger charge is 2.22. The number of unbranched alkanes of at least 4 members (excludes halogenated alkanes) is 2. The molecule has 0 aliphatic carbocycles.